The summed E-state index contributed by atoms with van der Waals surface area (Å²) >= 11 is 0. The molecule has 0 bridgehead atoms. The molecule has 1 aromatic carbocycles. The summed E-state index contributed by atoms with van der Waals surface area (Å²) in [4.78, 5) is 23.7. The Labute approximate surface area is 135 Å². The summed E-state index contributed by atoms with van der Waals surface area (Å²) < 4.78 is 9.90. The van der Waals surface area contributed by atoms with Crippen LogP contribution in [0.2, 0.25) is 0 Å². The average Bonchev–Trinajstić information content (AvgIpc) is 3.15. The maximum atomic E-state index is 12.1. The number of carbonyl (C=O) groups is 2. The van der Waals surface area contributed by atoms with Crippen molar-refractivity contribution in [3.63, 3.8) is 0 Å². The van der Waals surface area contributed by atoms with E-state index in [9.17, 15) is 9.59 Å². The Morgan fingerprint density at radius 1 is 1.04 bits per heavy atom. The van der Waals surface area contributed by atoms with Gasteiger partial charge in [0.05, 0.1) is 6.26 Å². The number of benzene rings is 1. The number of esters is 1. The quantitative estimate of drug-likeness (QED) is 0.608. The number of hydrogen-bond donors (Lipinski definition) is 0. The Hall–Kier alpha value is -2.36. The van der Waals surface area contributed by atoms with Crippen LogP contribution in [0.5, 0.6) is 0 Å². The number of carbonyl (C=O) groups excluding carboxylic acids is 2. The molecular formula is C19H20O4. The van der Waals surface area contributed by atoms with E-state index in [0.717, 1.165) is 0 Å². The van der Waals surface area contributed by atoms with Crippen molar-refractivity contribution in [3.05, 3.63) is 59.5 Å². The summed E-state index contributed by atoms with van der Waals surface area (Å²) in [5.41, 5.74) is 1.87. The first-order valence-corrected chi connectivity index (χ1v) is 8.08. The van der Waals surface area contributed by atoms with Gasteiger partial charge >= 0.3 is 5.97 Å². The molecule has 1 aliphatic rings. The van der Waals surface area contributed by atoms with Crippen molar-refractivity contribution in [1.82, 2.24) is 0 Å². The molecular weight excluding hydrogens is 292 g/mol. The lowest BCUT2D eigenvalue weighted by atomic mass is 9.84. The molecule has 0 amide bonds. The zero-order chi connectivity index (χ0) is 16.1. The zero-order valence-corrected chi connectivity index (χ0v) is 13.0. The van der Waals surface area contributed by atoms with E-state index < -0.39 is 5.97 Å². The van der Waals surface area contributed by atoms with E-state index >= 15 is 0 Å². The summed E-state index contributed by atoms with van der Waals surface area (Å²) in [6, 6.07) is 10.8. The van der Waals surface area contributed by atoms with E-state index in [2.05, 4.69) is 0 Å². The largest absolute Gasteiger partial charge is 0.457 e. The van der Waals surface area contributed by atoms with Crippen LogP contribution in [-0.4, -0.2) is 18.4 Å². The third-order valence-electron chi connectivity index (χ3n) is 4.37. The SMILES string of the molecule is O=C(COC(=O)c1ccco1)c1ccc(C2CCCCC2)cc1. The van der Waals surface area contributed by atoms with Crippen LogP contribution < -0.4 is 0 Å². The predicted octanol–water partition coefficient (Wildman–Crippen LogP) is 4.37. The summed E-state index contributed by atoms with van der Waals surface area (Å²) in [7, 11) is 0. The molecule has 2 aromatic rings. The Morgan fingerprint density at radius 3 is 2.43 bits per heavy atom. The predicted molar refractivity (Wildman–Crippen MR) is 85.6 cm³/mol. The molecule has 0 unspecified atom stereocenters. The van der Waals surface area contributed by atoms with E-state index in [0.29, 0.717) is 11.5 Å². The van der Waals surface area contributed by atoms with Crippen molar-refractivity contribution in [2.45, 2.75) is 38.0 Å². The van der Waals surface area contributed by atoms with Gasteiger partial charge in [-0.25, -0.2) is 4.79 Å². The Kier molecular flexibility index (Phi) is 4.91. The molecule has 4 nitrogen and oxygen atoms in total. The van der Waals surface area contributed by atoms with Crippen molar-refractivity contribution < 1.29 is 18.7 Å². The maximum Gasteiger partial charge on any atom is 0.374 e. The number of rotatable bonds is 5. The van der Waals surface area contributed by atoms with Gasteiger partial charge in [-0.1, -0.05) is 43.5 Å². The van der Waals surface area contributed by atoms with Gasteiger partial charge in [0.2, 0.25) is 5.76 Å². The minimum Gasteiger partial charge on any atom is -0.457 e. The maximum absolute atomic E-state index is 12.1. The molecule has 1 heterocycles. The minimum absolute atomic E-state index is 0.102. The van der Waals surface area contributed by atoms with Gasteiger partial charge in [-0.2, -0.15) is 0 Å². The Bertz CT molecular complexity index is 649. The summed E-state index contributed by atoms with van der Waals surface area (Å²) in [5, 5.41) is 0. The third-order valence-corrected chi connectivity index (χ3v) is 4.37. The van der Waals surface area contributed by atoms with Crippen LogP contribution in [0, 0.1) is 0 Å². The van der Waals surface area contributed by atoms with Gasteiger partial charge < -0.3 is 9.15 Å². The van der Waals surface area contributed by atoms with E-state index in [1.165, 1.54) is 50.0 Å². The number of furan rings is 1. The molecule has 1 saturated carbocycles. The molecule has 4 heteroatoms. The zero-order valence-electron chi connectivity index (χ0n) is 13.0. The highest BCUT2D eigenvalue weighted by Gasteiger charge is 2.17. The Morgan fingerprint density at radius 2 is 1.78 bits per heavy atom. The molecule has 120 valence electrons. The van der Waals surface area contributed by atoms with Crippen molar-refractivity contribution in [2.24, 2.45) is 0 Å². The van der Waals surface area contributed by atoms with Crippen LogP contribution in [-0.2, 0) is 4.74 Å². The second-order valence-electron chi connectivity index (χ2n) is 5.93. The molecule has 1 aliphatic carbocycles. The van der Waals surface area contributed by atoms with Crippen LogP contribution >= 0.6 is 0 Å². The number of hydrogen-bond acceptors (Lipinski definition) is 4. The average molecular weight is 312 g/mol. The monoisotopic (exact) mass is 312 g/mol. The van der Waals surface area contributed by atoms with E-state index in [1.807, 2.05) is 24.3 Å². The van der Waals surface area contributed by atoms with E-state index in [4.69, 9.17) is 9.15 Å². The molecule has 1 aromatic heterocycles. The van der Waals surface area contributed by atoms with E-state index in [-0.39, 0.29) is 18.2 Å². The first-order valence-electron chi connectivity index (χ1n) is 8.08. The third kappa shape index (κ3) is 3.89. The van der Waals surface area contributed by atoms with Crippen LogP contribution in [0.4, 0.5) is 0 Å². The van der Waals surface area contributed by atoms with Gasteiger partial charge in [0.25, 0.3) is 0 Å². The molecule has 0 radical (unpaired) electrons. The fourth-order valence-corrected chi connectivity index (χ4v) is 3.06. The summed E-state index contributed by atoms with van der Waals surface area (Å²) in [6.45, 7) is -0.275. The lowest BCUT2D eigenvalue weighted by Crippen LogP contribution is -2.14. The molecule has 0 atom stereocenters. The summed E-state index contributed by atoms with van der Waals surface area (Å²) in [6.07, 6.45) is 7.75. The molecule has 0 spiro atoms. The van der Waals surface area contributed by atoms with E-state index in [1.54, 1.807) is 6.07 Å². The second-order valence-corrected chi connectivity index (χ2v) is 5.93. The topological polar surface area (TPSA) is 56.5 Å². The number of ether oxygens (including phenoxy) is 1. The van der Waals surface area contributed by atoms with Crippen LogP contribution in [0.1, 0.15) is 64.5 Å². The van der Waals surface area contributed by atoms with Gasteiger partial charge in [-0.05, 0) is 36.5 Å². The normalized spacial score (nSPS) is 15.3. The van der Waals surface area contributed by atoms with Crippen molar-refractivity contribution >= 4 is 11.8 Å². The molecule has 0 saturated heterocycles. The summed E-state index contributed by atoms with van der Waals surface area (Å²) in [5.74, 6) is -0.114. The van der Waals surface area contributed by atoms with Gasteiger partial charge in [0, 0.05) is 5.56 Å². The van der Waals surface area contributed by atoms with Crippen molar-refractivity contribution in [3.8, 4) is 0 Å². The number of Topliss-reactive ketones (excluding diaryl/α,β-unsaturated/α-hetero) is 1. The number of ketones is 1. The fourth-order valence-electron chi connectivity index (χ4n) is 3.06. The van der Waals surface area contributed by atoms with Gasteiger partial charge in [-0.3, -0.25) is 4.79 Å². The smallest absolute Gasteiger partial charge is 0.374 e. The highest BCUT2D eigenvalue weighted by Crippen LogP contribution is 2.32. The van der Waals surface area contributed by atoms with Gasteiger partial charge in [-0.15, -0.1) is 0 Å². The first kappa shape index (κ1) is 15.5. The standard InChI is InChI=1S/C19H20O4/c20-17(13-23-19(21)18-7-4-12-22-18)16-10-8-15(9-11-16)14-5-2-1-3-6-14/h4,7-12,14H,1-3,5-6,13H2. The van der Waals surface area contributed by atoms with Gasteiger partial charge in [0.1, 0.15) is 0 Å². The molecule has 23 heavy (non-hydrogen) atoms. The van der Waals surface area contributed by atoms with Gasteiger partial charge in [0.15, 0.2) is 12.4 Å². The lowest BCUT2D eigenvalue weighted by Gasteiger charge is -2.22. The molecule has 0 N–H and O–H groups in total. The lowest BCUT2D eigenvalue weighted by molar-refractivity contribution is 0.0444. The molecule has 0 aliphatic heterocycles. The first-order chi connectivity index (χ1) is 11.2. The highest BCUT2D eigenvalue weighted by atomic mass is 16.5. The second kappa shape index (κ2) is 7.27. The molecule has 3 rings (SSSR count). The minimum atomic E-state index is -0.623. The van der Waals surface area contributed by atoms with Crippen LogP contribution in [0.15, 0.2) is 47.1 Å². The Balaban J connectivity index is 1.56. The molecule has 1 fully saturated rings. The van der Waals surface area contributed by atoms with Crippen molar-refractivity contribution in [2.75, 3.05) is 6.61 Å². The van der Waals surface area contributed by atoms with Crippen LogP contribution in [0.25, 0.3) is 0 Å². The highest BCUT2D eigenvalue weighted by molar-refractivity contribution is 5.98. The fraction of sp³-hybridized carbons (Fsp3) is 0.368. The van der Waals surface area contributed by atoms with Crippen molar-refractivity contribution in [1.29, 1.82) is 0 Å². The van der Waals surface area contributed by atoms with Crippen LogP contribution in [0.3, 0.4) is 0 Å².